The maximum Gasteiger partial charge on any atom is 0.224 e. The Morgan fingerprint density at radius 1 is 1.40 bits per heavy atom. The predicted octanol–water partition coefficient (Wildman–Crippen LogP) is -1.08. The fourth-order valence-corrected chi connectivity index (χ4v) is 1.54. The van der Waals surface area contributed by atoms with Crippen molar-refractivity contribution in [3.05, 3.63) is 0 Å². The van der Waals surface area contributed by atoms with E-state index >= 15 is 0 Å². The van der Waals surface area contributed by atoms with E-state index in [0.29, 0.717) is 0 Å². The molecule has 4 N–H and O–H groups in total. The molecule has 0 aromatic rings. The highest BCUT2D eigenvalue weighted by Gasteiger charge is 2.32. The zero-order valence-electron chi connectivity index (χ0n) is 9.26. The fourth-order valence-electron chi connectivity index (χ4n) is 1.54. The van der Waals surface area contributed by atoms with Crippen LogP contribution >= 0.6 is 0 Å². The van der Waals surface area contributed by atoms with Crippen LogP contribution in [0.15, 0.2) is 0 Å². The summed E-state index contributed by atoms with van der Waals surface area (Å²) in [6.45, 7) is 4.35. The van der Waals surface area contributed by atoms with Crippen molar-refractivity contribution in [1.29, 1.82) is 0 Å². The van der Waals surface area contributed by atoms with E-state index in [-0.39, 0.29) is 37.4 Å². The molecule has 0 aromatic heterocycles. The number of carbonyl (C=O) groups is 1. The first-order chi connectivity index (χ1) is 6.91. The number of hydrogen-bond acceptors (Lipinski definition) is 4. The minimum atomic E-state index is -0.816. The number of carbonyl (C=O) groups excluding carboxylic acids is 1. The average Bonchev–Trinajstić information content (AvgIpc) is 2.46. The van der Waals surface area contributed by atoms with Crippen molar-refractivity contribution in [3.8, 4) is 0 Å². The molecule has 1 amide bonds. The average molecular weight is 216 g/mol. The van der Waals surface area contributed by atoms with Gasteiger partial charge in [0.15, 0.2) is 0 Å². The molecule has 0 spiro atoms. The molecule has 88 valence electrons. The lowest BCUT2D eigenvalue weighted by atomic mass is 10.0. The summed E-state index contributed by atoms with van der Waals surface area (Å²) in [6, 6.07) is -0.160. The van der Waals surface area contributed by atoms with E-state index < -0.39 is 12.2 Å². The number of amides is 1. The normalized spacial score (nSPS) is 28.5. The molecule has 5 nitrogen and oxygen atoms in total. The summed E-state index contributed by atoms with van der Waals surface area (Å²) >= 11 is 0. The number of nitrogens with zero attached hydrogens (tertiary/aromatic N) is 1. The van der Waals surface area contributed by atoms with E-state index in [4.69, 9.17) is 5.73 Å². The third-order valence-electron chi connectivity index (χ3n) is 2.88. The van der Waals surface area contributed by atoms with Crippen molar-refractivity contribution in [3.63, 3.8) is 0 Å². The van der Waals surface area contributed by atoms with Crippen molar-refractivity contribution in [2.75, 3.05) is 13.1 Å². The number of likely N-dealkylation sites (tertiary alicyclic amines) is 1. The monoisotopic (exact) mass is 216 g/mol. The topological polar surface area (TPSA) is 86.8 Å². The molecular weight excluding hydrogens is 196 g/mol. The van der Waals surface area contributed by atoms with Gasteiger partial charge in [-0.1, -0.05) is 13.8 Å². The Morgan fingerprint density at radius 2 is 1.87 bits per heavy atom. The highest BCUT2D eigenvalue weighted by molar-refractivity contribution is 5.77. The third-order valence-corrected chi connectivity index (χ3v) is 2.88. The van der Waals surface area contributed by atoms with Gasteiger partial charge in [0.2, 0.25) is 5.91 Å². The Balaban J connectivity index is 2.42. The van der Waals surface area contributed by atoms with Crippen molar-refractivity contribution in [2.45, 2.75) is 38.5 Å². The zero-order valence-corrected chi connectivity index (χ0v) is 9.26. The summed E-state index contributed by atoms with van der Waals surface area (Å²) in [5.41, 5.74) is 5.78. The molecule has 3 unspecified atom stereocenters. The van der Waals surface area contributed by atoms with E-state index in [1.165, 1.54) is 4.90 Å². The van der Waals surface area contributed by atoms with Gasteiger partial charge >= 0.3 is 0 Å². The van der Waals surface area contributed by atoms with E-state index in [2.05, 4.69) is 0 Å². The van der Waals surface area contributed by atoms with Gasteiger partial charge in [-0.3, -0.25) is 4.79 Å². The molecule has 0 radical (unpaired) electrons. The second-order valence-electron chi connectivity index (χ2n) is 4.55. The van der Waals surface area contributed by atoms with Gasteiger partial charge < -0.3 is 20.8 Å². The molecule has 15 heavy (non-hydrogen) atoms. The number of aliphatic hydroxyl groups is 2. The molecule has 1 saturated heterocycles. The Labute approximate surface area is 89.9 Å². The van der Waals surface area contributed by atoms with Crippen molar-refractivity contribution in [2.24, 2.45) is 11.7 Å². The molecule has 0 aromatic carbocycles. The lowest BCUT2D eigenvalue weighted by Crippen LogP contribution is -2.37. The molecule has 1 heterocycles. The Kier molecular flexibility index (Phi) is 4.07. The quantitative estimate of drug-likeness (QED) is 0.560. The Bertz CT molecular complexity index is 223. The van der Waals surface area contributed by atoms with Crippen LogP contribution in [-0.2, 0) is 4.79 Å². The molecule has 1 rings (SSSR count). The molecule has 1 aliphatic rings. The number of rotatable bonds is 3. The number of hydrogen-bond donors (Lipinski definition) is 3. The first-order valence-electron chi connectivity index (χ1n) is 5.31. The molecule has 0 saturated carbocycles. The highest BCUT2D eigenvalue weighted by atomic mass is 16.3. The number of β-amino-alcohol motifs (C(OH)–C–C–N with tert-alkyl or cyclic N) is 2. The van der Waals surface area contributed by atoms with E-state index in [9.17, 15) is 15.0 Å². The summed E-state index contributed by atoms with van der Waals surface area (Å²) in [5.74, 6) is 0.165. The molecule has 0 bridgehead atoms. The van der Waals surface area contributed by atoms with Crippen LogP contribution in [0.3, 0.4) is 0 Å². The van der Waals surface area contributed by atoms with Crippen LogP contribution in [0, 0.1) is 5.92 Å². The van der Waals surface area contributed by atoms with E-state index in [0.717, 1.165) is 0 Å². The molecular formula is C10H20N2O3. The van der Waals surface area contributed by atoms with Gasteiger partial charge in [0, 0.05) is 25.6 Å². The van der Waals surface area contributed by atoms with Crippen LogP contribution in [0.4, 0.5) is 0 Å². The largest absolute Gasteiger partial charge is 0.388 e. The molecule has 1 fully saturated rings. The minimum Gasteiger partial charge on any atom is -0.388 e. The number of nitrogens with two attached hydrogens (primary N) is 1. The van der Waals surface area contributed by atoms with Crippen molar-refractivity contribution < 1.29 is 15.0 Å². The number of aliphatic hydroxyl groups excluding tert-OH is 2. The lowest BCUT2D eigenvalue weighted by Gasteiger charge is -2.20. The first-order valence-corrected chi connectivity index (χ1v) is 5.31. The van der Waals surface area contributed by atoms with Crippen LogP contribution in [0.1, 0.15) is 20.3 Å². The van der Waals surface area contributed by atoms with Gasteiger partial charge in [-0.2, -0.15) is 0 Å². The summed E-state index contributed by atoms with van der Waals surface area (Å²) in [7, 11) is 0. The van der Waals surface area contributed by atoms with Gasteiger partial charge in [0.05, 0.1) is 12.2 Å². The molecule has 5 heteroatoms. The zero-order chi connectivity index (χ0) is 11.6. The van der Waals surface area contributed by atoms with Gasteiger partial charge in [-0.15, -0.1) is 0 Å². The Hall–Kier alpha value is -0.650. The standard InChI is InChI=1S/C10H20N2O3/c1-6(2)7(11)3-10(15)12-4-8(13)9(14)5-12/h6-9,13-14H,3-5,11H2,1-2H3. The van der Waals surface area contributed by atoms with Crippen molar-refractivity contribution >= 4 is 5.91 Å². The second-order valence-corrected chi connectivity index (χ2v) is 4.55. The molecule has 3 atom stereocenters. The van der Waals surface area contributed by atoms with Crippen LogP contribution < -0.4 is 5.73 Å². The van der Waals surface area contributed by atoms with Gasteiger partial charge in [-0.25, -0.2) is 0 Å². The van der Waals surface area contributed by atoms with Crippen LogP contribution in [0.2, 0.25) is 0 Å². The van der Waals surface area contributed by atoms with Crippen LogP contribution in [-0.4, -0.2) is 52.4 Å². The maximum atomic E-state index is 11.7. The highest BCUT2D eigenvalue weighted by Crippen LogP contribution is 2.13. The molecule has 1 aliphatic heterocycles. The first kappa shape index (κ1) is 12.4. The van der Waals surface area contributed by atoms with Crippen molar-refractivity contribution in [1.82, 2.24) is 4.90 Å². The summed E-state index contributed by atoms with van der Waals surface area (Å²) in [6.07, 6.45) is -1.36. The van der Waals surface area contributed by atoms with E-state index in [1.807, 2.05) is 13.8 Å². The predicted molar refractivity (Wildman–Crippen MR) is 56.0 cm³/mol. The SMILES string of the molecule is CC(C)C(N)CC(=O)N1CC(O)C(O)C1. The van der Waals surface area contributed by atoms with Gasteiger partial charge in [0.25, 0.3) is 0 Å². The third kappa shape index (κ3) is 3.15. The maximum absolute atomic E-state index is 11.7. The molecule has 0 aliphatic carbocycles. The smallest absolute Gasteiger partial charge is 0.224 e. The fraction of sp³-hybridized carbons (Fsp3) is 0.900. The van der Waals surface area contributed by atoms with Crippen LogP contribution in [0.5, 0.6) is 0 Å². The second kappa shape index (κ2) is 4.92. The summed E-state index contributed by atoms with van der Waals surface area (Å²) < 4.78 is 0. The lowest BCUT2D eigenvalue weighted by molar-refractivity contribution is -0.131. The summed E-state index contributed by atoms with van der Waals surface area (Å²) in [5, 5.41) is 18.6. The minimum absolute atomic E-state index is 0.0909. The van der Waals surface area contributed by atoms with E-state index in [1.54, 1.807) is 0 Å². The van der Waals surface area contributed by atoms with Gasteiger partial charge in [0.1, 0.15) is 0 Å². The van der Waals surface area contributed by atoms with Gasteiger partial charge in [-0.05, 0) is 5.92 Å². The summed E-state index contributed by atoms with van der Waals surface area (Å²) in [4.78, 5) is 13.1. The van der Waals surface area contributed by atoms with Crippen LogP contribution in [0.25, 0.3) is 0 Å². The Morgan fingerprint density at radius 3 is 2.27 bits per heavy atom.